The second-order valence-electron chi connectivity index (χ2n) is 4.53. The summed E-state index contributed by atoms with van der Waals surface area (Å²) < 4.78 is 0. The molecule has 0 bridgehead atoms. The van der Waals surface area contributed by atoms with Crippen LogP contribution in [0, 0.1) is 17.8 Å². The van der Waals surface area contributed by atoms with Crippen LogP contribution in [0.5, 0.6) is 0 Å². The van der Waals surface area contributed by atoms with Crippen molar-refractivity contribution in [2.75, 3.05) is 0 Å². The summed E-state index contributed by atoms with van der Waals surface area (Å²) in [6.45, 7) is 6.76. The Hall–Kier alpha value is -0.0800. The zero-order valence-electron chi connectivity index (χ0n) is 8.38. The first-order valence-electron chi connectivity index (χ1n) is 5.04. The fourth-order valence-corrected chi connectivity index (χ4v) is 2.14. The van der Waals surface area contributed by atoms with E-state index in [-0.39, 0.29) is 0 Å². The lowest BCUT2D eigenvalue weighted by Gasteiger charge is -2.35. The van der Waals surface area contributed by atoms with Gasteiger partial charge in [-0.15, -0.1) is 0 Å². The molecule has 1 fully saturated rings. The van der Waals surface area contributed by atoms with Crippen molar-refractivity contribution < 1.29 is 5.21 Å². The molecule has 1 aliphatic carbocycles. The molecule has 0 aromatic rings. The predicted molar refractivity (Wildman–Crippen MR) is 50.1 cm³/mol. The maximum atomic E-state index is 8.91. The van der Waals surface area contributed by atoms with E-state index >= 15 is 0 Å². The number of hydrogen-bond donors (Lipinski definition) is 2. The molecule has 0 spiro atoms. The van der Waals surface area contributed by atoms with Crippen LogP contribution in [0.4, 0.5) is 0 Å². The Kier molecular flexibility index (Phi) is 3.53. The summed E-state index contributed by atoms with van der Waals surface area (Å²) in [6, 6.07) is 0.325. The molecule has 2 nitrogen and oxygen atoms in total. The van der Waals surface area contributed by atoms with E-state index in [2.05, 4.69) is 26.3 Å². The van der Waals surface area contributed by atoms with E-state index in [9.17, 15) is 0 Å². The maximum absolute atomic E-state index is 8.91. The highest BCUT2D eigenvalue weighted by atomic mass is 16.5. The monoisotopic (exact) mass is 171 g/mol. The minimum absolute atomic E-state index is 0.325. The summed E-state index contributed by atoms with van der Waals surface area (Å²) in [6.07, 6.45) is 3.72. The van der Waals surface area contributed by atoms with Gasteiger partial charge >= 0.3 is 0 Å². The second kappa shape index (κ2) is 4.24. The van der Waals surface area contributed by atoms with Crippen LogP contribution in [0.25, 0.3) is 0 Å². The maximum Gasteiger partial charge on any atom is 0.0348 e. The molecule has 0 amide bonds. The normalized spacial score (nSPS) is 37.2. The third-order valence-electron chi connectivity index (χ3n) is 3.35. The highest BCUT2D eigenvalue weighted by molar-refractivity contribution is 4.81. The van der Waals surface area contributed by atoms with Crippen LogP contribution >= 0.6 is 0 Å². The molecule has 72 valence electrons. The van der Waals surface area contributed by atoms with Crippen molar-refractivity contribution >= 4 is 0 Å². The largest absolute Gasteiger partial charge is 0.317 e. The van der Waals surface area contributed by atoms with E-state index in [0.29, 0.717) is 12.0 Å². The first kappa shape index (κ1) is 10.0. The van der Waals surface area contributed by atoms with Crippen LogP contribution < -0.4 is 5.48 Å². The van der Waals surface area contributed by atoms with Crippen LogP contribution in [-0.2, 0) is 0 Å². The fourth-order valence-electron chi connectivity index (χ4n) is 2.14. The second-order valence-corrected chi connectivity index (χ2v) is 4.53. The molecular formula is C10H21NO. The van der Waals surface area contributed by atoms with Gasteiger partial charge in [-0.2, -0.15) is 0 Å². The standard InChI is InChI=1S/C10H21NO/c1-7(2)9-5-4-8(3)10(6-9)11-12/h7-12H,4-6H2,1-3H3/t8-,9-,10-/m1/s1. The number of hydrogen-bond acceptors (Lipinski definition) is 2. The lowest BCUT2D eigenvalue weighted by molar-refractivity contribution is 0.0564. The van der Waals surface area contributed by atoms with Crippen LogP contribution in [0.1, 0.15) is 40.0 Å². The summed E-state index contributed by atoms with van der Waals surface area (Å²) in [5.74, 6) is 2.18. The summed E-state index contributed by atoms with van der Waals surface area (Å²) in [4.78, 5) is 0. The van der Waals surface area contributed by atoms with E-state index in [1.807, 2.05) is 0 Å². The summed E-state index contributed by atoms with van der Waals surface area (Å²) in [5, 5.41) is 8.91. The first-order chi connectivity index (χ1) is 5.65. The van der Waals surface area contributed by atoms with E-state index in [1.165, 1.54) is 12.8 Å². The van der Waals surface area contributed by atoms with E-state index < -0.39 is 0 Å². The Bertz CT molecular complexity index is 136. The van der Waals surface area contributed by atoms with Gasteiger partial charge in [-0.3, -0.25) is 0 Å². The third kappa shape index (κ3) is 2.20. The average molecular weight is 171 g/mol. The number of nitrogens with one attached hydrogen (secondary N) is 1. The van der Waals surface area contributed by atoms with Gasteiger partial charge in [0, 0.05) is 6.04 Å². The average Bonchev–Trinajstić information content (AvgIpc) is 2.05. The molecule has 1 rings (SSSR count). The lowest BCUT2D eigenvalue weighted by Crippen LogP contribution is -2.39. The molecular weight excluding hydrogens is 150 g/mol. The van der Waals surface area contributed by atoms with Gasteiger partial charge in [0.15, 0.2) is 0 Å². The molecule has 2 N–H and O–H groups in total. The van der Waals surface area contributed by atoms with Gasteiger partial charge in [-0.25, -0.2) is 5.48 Å². The zero-order chi connectivity index (χ0) is 9.14. The Morgan fingerprint density at radius 3 is 2.50 bits per heavy atom. The van der Waals surface area contributed by atoms with Crippen molar-refractivity contribution in [1.29, 1.82) is 0 Å². The van der Waals surface area contributed by atoms with Crippen molar-refractivity contribution in [2.45, 2.75) is 46.1 Å². The molecule has 0 saturated heterocycles. The summed E-state index contributed by atoms with van der Waals surface area (Å²) in [7, 11) is 0. The molecule has 12 heavy (non-hydrogen) atoms. The van der Waals surface area contributed by atoms with Gasteiger partial charge in [0.25, 0.3) is 0 Å². The first-order valence-corrected chi connectivity index (χ1v) is 5.04. The van der Waals surface area contributed by atoms with Crippen LogP contribution in [0.3, 0.4) is 0 Å². The van der Waals surface area contributed by atoms with Crippen molar-refractivity contribution in [3.63, 3.8) is 0 Å². The van der Waals surface area contributed by atoms with Gasteiger partial charge in [0.2, 0.25) is 0 Å². The van der Waals surface area contributed by atoms with Gasteiger partial charge in [0.1, 0.15) is 0 Å². The highest BCUT2D eigenvalue weighted by Crippen LogP contribution is 2.32. The van der Waals surface area contributed by atoms with Gasteiger partial charge in [-0.05, 0) is 37.0 Å². The van der Waals surface area contributed by atoms with Crippen molar-refractivity contribution in [3.05, 3.63) is 0 Å². The SMILES string of the molecule is CC(C)[C@@H]1CC[C@@H](C)[C@H](NO)C1. The van der Waals surface area contributed by atoms with Gasteiger partial charge in [0.05, 0.1) is 0 Å². The van der Waals surface area contributed by atoms with Crippen molar-refractivity contribution in [2.24, 2.45) is 17.8 Å². The molecule has 0 heterocycles. The zero-order valence-corrected chi connectivity index (χ0v) is 8.38. The number of rotatable bonds is 2. The molecule has 0 unspecified atom stereocenters. The van der Waals surface area contributed by atoms with Crippen LogP contribution in [0.15, 0.2) is 0 Å². The molecule has 2 heteroatoms. The predicted octanol–water partition coefficient (Wildman–Crippen LogP) is 2.43. The smallest absolute Gasteiger partial charge is 0.0348 e. The minimum Gasteiger partial charge on any atom is -0.317 e. The molecule has 0 aromatic carbocycles. The number of hydroxylamine groups is 1. The van der Waals surface area contributed by atoms with Crippen molar-refractivity contribution in [3.8, 4) is 0 Å². The summed E-state index contributed by atoms with van der Waals surface area (Å²) in [5.41, 5.74) is 2.44. The van der Waals surface area contributed by atoms with E-state index in [4.69, 9.17) is 5.21 Å². The Morgan fingerprint density at radius 2 is 2.00 bits per heavy atom. The molecule has 3 atom stereocenters. The van der Waals surface area contributed by atoms with Gasteiger partial charge in [-0.1, -0.05) is 20.8 Å². The van der Waals surface area contributed by atoms with Crippen LogP contribution in [-0.4, -0.2) is 11.2 Å². The van der Waals surface area contributed by atoms with Gasteiger partial charge < -0.3 is 5.21 Å². The van der Waals surface area contributed by atoms with Crippen molar-refractivity contribution in [1.82, 2.24) is 5.48 Å². The third-order valence-corrected chi connectivity index (χ3v) is 3.35. The summed E-state index contributed by atoms with van der Waals surface area (Å²) >= 11 is 0. The topological polar surface area (TPSA) is 32.3 Å². The van der Waals surface area contributed by atoms with Crippen LogP contribution in [0.2, 0.25) is 0 Å². The molecule has 1 aliphatic rings. The minimum atomic E-state index is 0.325. The molecule has 0 aromatic heterocycles. The molecule has 0 aliphatic heterocycles. The Balaban J connectivity index is 2.44. The Labute approximate surface area is 75.3 Å². The highest BCUT2D eigenvalue weighted by Gasteiger charge is 2.28. The quantitative estimate of drug-likeness (QED) is 0.625. The lowest BCUT2D eigenvalue weighted by atomic mass is 9.75. The molecule has 1 saturated carbocycles. The van der Waals surface area contributed by atoms with E-state index in [1.54, 1.807) is 0 Å². The van der Waals surface area contributed by atoms with E-state index in [0.717, 1.165) is 18.3 Å². The molecule has 0 radical (unpaired) electrons. The Morgan fingerprint density at radius 1 is 1.33 bits per heavy atom. The fraction of sp³-hybridized carbons (Fsp3) is 1.00.